The van der Waals surface area contributed by atoms with Crippen molar-refractivity contribution in [2.75, 3.05) is 13.7 Å². The first-order valence-corrected chi connectivity index (χ1v) is 8.80. The summed E-state index contributed by atoms with van der Waals surface area (Å²) in [6.07, 6.45) is 0. The molecule has 0 fully saturated rings. The molecule has 0 saturated heterocycles. The van der Waals surface area contributed by atoms with Gasteiger partial charge in [-0.25, -0.2) is 12.8 Å². The molecule has 0 unspecified atom stereocenters. The van der Waals surface area contributed by atoms with Gasteiger partial charge < -0.3 is 4.74 Å². The second kappa shape index (κ2) is 7.29. The predicted molar refractivity (Wildman–Crippen MR) is 87.7 cm³/mol. The van der Waals surface area contributed by atoms with E-state index in [1.54, 1.807) is 12.1 Å². The normalized spacial score (nSPS) is 11.7. The van der Waals surface area contributed by atoms with E-state index in [0.29, 0.717) is 12.4 Å². The lowest BCUT2D eigenvalue weighted by molar-refractivity contribution is 0.340. The monoisotopic (exact) mass is 357 g/mol. The zero-order chi connectivity index (χ0) is 17.0. The maximum atomic E-state index is 13.8. The van der Waals surface area contributed by atoms with Crippen LogP contribution in [0, 0.1) is 5.82 Å². The van der Waals surface area contributed by atoms with Crippen LogP contribution in [-0.2, 0) is 16.6 Å². The van der Waals surface area contributed by atoms with E-state index in [4.69, 9.17) is 16.3 Å². The Balaban J connectivity index is 2.25. The molecule has 2 rings (SSSR count). The smallest absolute Gasteiger partial charge is 0.243 e. The van der Waals surface area contributed by atoms with Crippen LogP contribution in [0.1, 0.15) is 12.5 Å². The zero-order valence-corrected chi connectivity index (χ0v) is 14.4. The molecule has 0 N–H and O–H groups in total. The molecule has 124 valence electrons. The zero-order valence-electron chi connectivity index (χ0n) is 12.8. The van der Waals surface area contributed by atoms with Crippen LogP contribution in [0.4, 0.5) is 4.39 Å². The van der Waals surface area contributed by atoms with Gasteiger partial charge in [-0.1, -0.05) is 17.7 Å². The number of sulfonamides is 1. The fourth-order valence-corrected chi connectivity index (χ4v) is 3.41. The summed E-state index contributed by atoms with van der Waals surface area (Å²) in [5.74, 6) is 0.0532. The summed E-state index contributed by atoms with van der Waals surface area (Å²) >= 11 is 5.95. The molecule has 0 heterocycles. The standard InChI is InChI=1S/C16H17ClFNO3S/c1-3-22-12-7-9-13(10-8-12)23(20,21)19(2)11-14-15(17)5-4-6-16(14)18/h4-10H,3,11H2,1-2H3. The summed E-state index contributed by atoms with van der Waals surface area (Å²) in [7, 11) is -2.37. The number of halogens is 2. The summed E-state index contributed by atoms with van der Waals surface area (Å²) in [5.41, 5.74) is 0.145. The first kappa shape index (κ1) is 17.7. The summed E-state index contributed by atoms with van der Waals surface area (Å²) in [4.78, 5) is 0.107. The molecule has 0 aromatic heterocycles. The lowest BCUT2D eigenvalue weighted by atomic mass is 10.2. The first-order valence-electron chi connectivity index (χ1n) is 6.98. The Morgan fingerprint density at radius 1 is 1.17 bits per heavy atom. The quantitative estimate of drug-likeness (QED) is 0.792. The minimum absolute atomic E-state index is 0.107. The van der Waals surface area contributed by atoms with Crippen LogP contribution in [0.25, 0.3) is 0 Å². The van der Waals surface area contributed by atoms with E-state index in [0.717, 1.165) is 4.31 Å². The largest absolute Gasteiger partial charge is 0.494 e. The second-order valence-corrected chi connectivity index (χ2v) is 7.32. The van der Waals surface area contributed by atoms with Crippen molar-refractivity contribution in [2.24, 2.45) is 0 Å². The number of ether oxygens (including phenoxy) is 1. The van der Waals surface area contributed by atoms with Crippen molar-refractivity contribution in [2.45, 2.75) is 18.4 Å². The van der Waals surface area contributed by atoms with E-state index < -0.39 is 15.8 Å². The van der Waals surface area contributed by atoms with Gasteiger partial charge in [0.1, 0.15) is 11.6 Å². The third-order valence-corrected chi connectivity index (χ3v) is 5.46. The fourth-order valence-electron chi connectivity index (χ4n) is 2.05. The molecule has 23 heavy (non-hydrogen) atoms. The molecule has 2 aromatic rings. The Morgan fingerprint density at radius 3 is 2.39 bits per heavy atom. The van der Waals surface area contributed by atoms with Crippen molar-refractivity contribution >= 4 is 21.6 Å². The molecule has 0 aliphatic carbocycles. The molecule has 0 radical (unpaired) electrons. The highest BCUT2D eigenvalue weighted by molar-refractivity contribution is 7.89. The fraction of sp³-hybridized carbons (Fsp3) is 0.250. The summed E-state index contributed by atoms with van der Waals surface area (Å²) in [6.45, 7) is 2.19. The maximum absolute atomic E-state index is 13.8. The summed E-state index contributed by atoms with van der Waals surface area (Å²) in [6, 6.07) is 10.3. The van der Waals surface area contributed by atoms with Crippen molar-refractivity contribution in [3.8, 4) is 5.75 Å². The Bertz CT molecular complexity index is 758. The molecule has 7 heteroatoms. The van der Waals surface area contributed by atoms with Gasteiger partial charge in [0.2, 0.25) is 10.0 Å². The lowest BCUT2D eigenvalue weighted by Crippen LogP contribution is -2.27. The number of hydrogen-bond donors (Lipinski definition) is 0. The third kappa shape index (κ3) is 4.02. The van der Waals surface area contributed by atoms with Gasteiger partial charge in [-0.2, -0.15) is 4.31 Å². The van der Waals surface area contributed by atoms with Crippen LogP contribution in [0.3, 0.4) is 0 Å². The SMILES string of the molecule is CCOc1ccc(S(=O)(=O)N(C)Cc2c(F)cccc2Cl)cc1. The van der Waals surface area contributed by atoms with E-state index >= 15 is 0 Å². The molecule has 0 amide bonds. The van der Waals surface area contributed by atoms with E-state index in [1.165, 1.54) is 37.4 Å². The van der Waals surface area contributed by atoms with Crippen LogP contribution in [0.5, 0.6) is 5.75 Å². The molecule has 4 nitrogen and oxygen atoms in total. The van der Waals surface area contributed by atoms with Gasteiger partial charge in [-0.15, -0.1) is 0 Å². The van der Waals surface area contributed by atoms with Crippen molar-refractivity contribution in [1.82, 2.24) is 4.31 Å². The van der Waals surface area contributed by atoms with Crippen LogP contribution >= 0.6 is 11.6 Å². The summed E-state index contributed by atoms with van der Waals surface area (Å²) in [5, 5.41) is 0.193. The van der Waals surface area contributed by atoms with Gasteiger partial charge in [0, 0.05) is 24.2 Å². The minimum atomic E-state index is -3.75. The van der Waals surface area contributed by atoms with E-state index in [1.807, 2.05) is 6.92 Å². The maximum Gasteiger partial charge on any atom is 0.243 e. The van der Waals surface area contributed by atoms with Crippen molar-refractivity contribution < 1.29 is 17.5 Å². The molecular weight excluding hydrogens is 341 g/mol. The third-order valence-electron chi connectivity index (χ3n) is 3.29. The Morgan fingerprint density at radius 2 is 1.83 bits per heavy atom. The molecule has 0 aliphatic heterocycles. The minimum Gasteiger partial charge on any atom is -0.494 e. The number of rotatable bonds is 6. The van der Waals surface area contributed by atoms with Crippen LogP contribution in [0.2, 0.25) is 5.02 Å². The van der Waals surface area contributed by atoms with Crippen molar-refractivity contribution in [3.63, 3.8) is 0 Å². The van der Waals surface area contributed by atoms with Gasteiger partial charge in [-0.3, -0.25) is 0 Å². The Labute approximate surface area is 140 Å². The average Bonchev–Trinajstić information content (AvgIpc) is 2.51. The molecule has 0 aliphatic rings. The van der Waals surface area contributed by atoms with Crippen molar-refractivity contribution in [1.29, 1.82) is 0 Å². The Hall–Kier alpha value is -1.63. The molecule has 0 saturated carbocycles. The number of benzene rings is 2. The van der Waals surface area contributed by atoms with Crippen LogP contribution < -0.4 is 4.74 Å². The summed E-state index contributed by atoms with van der Waals surface area (Å²) < 4.78 is 45.3. The van der Waals surface area contributed by atoms with Gasteiger partial charge in [-0.05, 0) is 43.3 Å². The predicted octanol–water partition coefficient (Wildman–Crippen LogP) is 3.70. The van der Waals surface area contributed by atoms with E-state index in [9.17, 15) is 12.8 Å². The van der Waals surface area contributed by atoms with Gasteiger partial charge in [0.25, 0.3) is 0 Å². The highest BCUT2D eigenvalue weighted by atomic mass is 35.5. The van der Waals surface area contributed by atoms with E-state index in [2.05, 4.69) is 0 Å². The highest BCUT2D eigenvalue weighted by Crippen LogP contribution is 2.24. The Kier molecular flexibility index (Phi) is 5.62. The number of nitrogens with zero attached hydrogens (tertiary/aromatic N) is 1. The topological polar surface area (TPSA) is 46.6 Å². The average molecular weight is 358 g/mol. The van der Waals surface area contributed by atoms with Gasteiger partial charge in [0.15, 0.2) is 0 Å². The highest BCUT2D eigenvalue weighted by Gasteiger charge is 2.23. The number of hydrogen-bond acceptors (Lipinski definition) is 3. The van der Waals surface area contributed by atoms with Crippen molar-refractivity contribution in [3.05, 3.63) is 58.9 Å². The van der Waals surface area contributed by atoms with Crippen LogP contribution in [0.15, 0.2) is 47.4 Å². The molecular formula is C16H17ClFNO3S. The lowest BCUT2D eigenvalue weighted by Gasteiger charge is -2.18. The molecule has 0 atom stereocenters. The first-order chi connectivity index (χ1) is 10.9. The van der Waals surface area contributed by atoms with Gasteiger partial charge in [0.05, 0.1) is 11.5 Å². The second-order valence-electron chi connectivity index (χ2n) is 4.87. The van der Waals surface area contributed by atoms with Crippen LogP contribution in [-0.4, -0.2) is 26.4 Å². The van der Waals surface area contributed by atoms with E-state index in [-0.39, 0.29) is 22.0 Å². The molecule has 0 bridgehead atoms. The molecule has 0 spiro atoms. The van der Waals surface area contributed by atoms with Gasteiger partial charge >= 0.3 is 0 Å². The molecule has 2 aromatic carbocycles.